The third-order valence-corrected chi connectivity index (χ3v) is 4.61. The van der Waals surface area contributed by atoms with E-state index in [4.69, 9.17) is 5.11 Å². The lowest BCUT2D eigenvalue weighted by Crippen LogP contribution is -2.20. The summed E-state index contributed by atoms with van der Waals surface area (Å²) in [6.45, 7) is 2.13. The molecule has 1 aliphatic carbocycles. The minimum absolute atomic E-state index is 0.178. The topological polar surface area (TPSA) is 53.4 Å². The van der Waals surface area contributed by atoms with Crippen LogP contribution in [-0.4, -0.2) is 29.1 Å². The van der Waals surface area contributed by atoms with Crippen molar-refractivity contribution in [2.24, 2.45) is 11.8 Å². The van der Waals surface area contributed by atoms with Crippen molar-refractivity contribution in [1.29, 1.82) is 0 Å². The number of aromatic carboxylic acids is 1. The van der Waals surface area contributed by atoms with Gasteiger partial charge in [-0.3, -0.25) is 0 Å². The molecule has 1 aliphatic heterocycles. The summed E-state index contributed by atoms with van der Waals surface area (Å²) in [4.78, 5) is 17.2. The van der Waals surface area contributed by atoms with E-state index in [2.05, 4.69) is 9.88 Å². The van der Waals surface area contributed by atoms with E-state index in [1.165, 1.54) is 30.6 Å². The Morgan fingerprint density at radius 2 is 2.12 bits per heavy atom. The highest BCUT2D eigenvalue weighted by atomic mass is 32.1. The maximum atomic E-state index is 10.8. The Kier molecular flexibility index (Phi) is 2.35. The fourth-order valence-electron chi connectivity index (χ4n) is 2.90. The lowest BCUT2D eigenvalue weighted by Gasteiger charge is -2.15. The molecule has 0 bridgehead atoms. The predicted octanol–water partition coefficient (Wildman–Crippen LogP) is 2.08. The van der Waals surface area contributed by atoms with Crippen molar-refractivity contribution in [2.75, 3.05) is 18.0 Å². The number of carboxylic acids is 1. The fraction of sp³-hybridized carbons (Fsp3) is 0.636. The predicted molar refractivity (Wildman–Crippen MR) is 62.1 cm³/mol. The number of nitrogens with zero attached hydrogens (tertiary/aromatic N) is 2. The van der Waals surface area contributed by atoms with Gasteiger partial charge in [-0.15, -0.1) is 11.3 Å². The number of rotatable bonds is 2. The number of fused-ring (bicyclic) bond motifs is 1. The molecule has 1 aromatic heterocycles. The summed E-state index contributed by atoms with van der Waals surface area (Å²) in [7, 11) is 0. The van der Waals surface area contributed by atoms with Crippen molar-refractivity contribution in [3.05, 3.63) is 11.1 Å². The molecule has 4 nitrogen and oxygen atoms in total. The van der Waals surface area contributed by atoms with E-state index in [0.29, 0.717) is 0 Å². The van der Waals surface area contributed by atoms with Gasteiger partial charge < -0.3 is 10.0 Å². The van der Waals surface area contributed by atoms with Gasteiger partial charge in [0.2, 0.25) is 0 Å². The lowest BCUT2D eigenvalue weighted by molar-refractivity contribution is 0.0691. The van der Waals surface area contributed by atoms with Crippen LogP contribution >= 0.6 is 11.3 Å². The number of carbonyl (C=O) groups is 1. The third kappa shape index (κ3) is 1.59. The summed E-state index contributed by atoms with van der Waals surface area (Å²) in [6, 6.07) is 0. The van der Waals surface area contributed by atoms with E-state index in [-0.39, 0.29) is 5.69 Å². The molecule has 0 amide bonds. The van der Waals surface area contributed by atoms with Crippen molar-refractivity contribution in [2.45, 2.75) is 19.3 Å². The highest BCUT2D eigenvalue weighted by Gasteiger charge is 2.37. The minimum Gasteiger partial charge on any atom is -0.476 e. The van der Waals surface area contributed by atoms with Gasteiger partial charge in [0.15, 0.2) is 10.8 Å². The summed E-state index contributed by atoms with van der Waals surface area (Å²) in [5, 5.41) is 11.3. The average molecular weight is 238 g/mol. The second-order valence-electron chi connectivity index (χ2n) is 4.68. The summed E-state index contributed by atoms with van der Waals surface area (Å²) < 4.78 is 0. The molecule has 16 heavy (non-hydrogen) atoms. The molecule has 1 aromatic rings. The quantitative estimate of drug-likeness (QED) is 0.857. The highest BCUT2D eigenvalue weighted by molar-refractivity contribution is 7.13. The second kappa shape index (κ2) is 3.73. The largest absolute Gasteiger partial charge is 0.476 e. The van der Waals surface area contributed by atoms with Crippen LogP contribution in [0.4, 0.5) is 5.13 Å². The first-order chi connectivity index (χ1) is 7.74. The number of anilines is 1. The standard InChI is InChI=1S/C11H14N2O2S/c14-10(15)9-6-16-11(12-9)13-4-7-2-1-3-8(7)5-13/h6-8H,1-5H2,(H,14,15). The fourth-order valence-corrected chi connectivity index (χ4v) is 3.72. The van der Waals surface area contributed by atoms with E-state index >= 15 is 0 Å². The number of hydrogen-bond acceptors (Lipinski definition) is 4. The van der Waals surface area contributed by atoms with Crippen LogP contribution in [0.3, 0.4) is 0 Å². The monoisotopic (exact) mass is 238 g/mol. The first-order valence-corrected chi connectivity index (χ1v) is 6.56. The zero-order chi connectivity index (χ0) is 11.1. The van der Waals surface area contributed by atoms with Crippen LogP contribution in [0.15, 0.2) is 5.38 Å². The zero-order valence-electron chi connectivity index (χ0n) is 8.93. The van der Waals surface area contributed by atoms with Gasteiger partial charge in [-0.25, -0.2) is 9.78 Å². The maximum absolute atomic E-state index is 10.8. The molecule has 5 heteroatoms. The van der Waals surface area contributed by atoms with Crippen molar-refractivity contribution in [1.82, 2.24) is 4.98 Å². The van der Waals surface area contributed by atoms with Gasteiger partial charge in [0.25, 0.3) is 0 Å². The molecular weight excluding hydrogens is 224 g/mol. The number of carboxylic acid groups (broad SMARTS) is 1. The molecule has 2 aliphatic rings. The number of thiazole rings is 1. The van der Waals surface area contributed by atoms with Gasteiger partial charge in [0, 0.05) is 18.5 Å². The summed E-state index contributed by atoms with van der Waals surface area (Å²) in [6.07, 6.45) is 4.03. The summed E-state index contributed by atoms with van der Waals surface area (Å²) in [5.74, 6) is 0.705. The Balaban J connectivity index is 1.76. The van der Waals surface area contributed by atoms with Gasteiger partial charge in [-0.2, -0.15) is 0 Å². The molecule has 86 valence electrons. The molecule has 2 fully saturated rings. The van der Waals surface area contributed by atoms with Crippen molar-refractivity contribution in [3.63, 3.8) is 0 Å². The van der Waals surface area contributed by atoms with Crippen LogP contribution < -0.4 is 4.90 Å². The van der Waals surface area contributed by atoms with Gasteiger partial charge in [0.1, 0.15) is 0 Å². The van der Waals surface area contributed by atoms with Crippen LogP contribution in [0, 0.1) is 11.8 Å². The molecule has 1 saturated heterocycles. The SMILES string of the molecule is O=C(O)c1csc(N2CC3CCCC3C2)n1. The Hall–Kier alpha value is -1.10. The van der Waals surface area contributed by atoms with Gasteiger partial charge in [-0.1, -0.05) is 6.42 Å². The summed E-state index contributed by atoms with van der Waals surface area (Å²) >= 11 is 1.45. The number of hydrogen-bond donors (Lipinski definition) is 1. The van der Waals surface area contributed by atoms with Crippen LogP contribution in [0.1, 0.15) is 29.8 Å². The van der Waals surface area contributed by atoms with Crippen LogP contribution in [-0.2, 0) is 0 Å². The van der Waals surface area contributed by atoms with Gasteiger partial charge in [0.05, 0.1) is 0 Å². The molecule has 2 unspecified atom stereocenters. The van der Waals surface area contributed by atoms with Crippen molar-refractivity contribution in [3.8, 4) is 0 Å². The Morgan fingerprint density at radius 1 is 1.44 bits per heavy atom. The second-order valence-corrected chi connectivity index (χ2v) is 5.51. The Morgan fingerprint density at radius 3 is 2.69 bits per heavy atom. The third-order valence-electron chi connectivity index (χ3n) is 3.71. The van der Waals surface area contributed by atoms with Gasteiger partial charge in [-0.05, 0) is 24.7 Å². The molecule has 1 N–H and O–H groups in total. The smallest absolute Gasteiger partial charge is 0.355 e. The van der Waals surface area contributed by atoms with Crippen molar-refractivity contribution >= 4 is 22.4 Å². The Labute approximate surface area is 97.9 Å². The van der Waals surface area contributed by atoms with Crippen LogP contribution in [0.5, 0.6) is 0 Å². The zero-order valence-corrected chi connectivity index (χ0v) is 9.74. The molecule has 2 heterocycles. The first kappa shape index (κ1) is 10.1. The van der Waals surface area contributed by atoms with E-state index < -0.39 is 5.97 Å². The average Bonchev–Trinajstić information content (AvgIpc) is 2.91. The maximum Gasteiger partial charge on any atom is 0.355 e. The Bertz CT molecular complexity index is 406. The molecule has 0 spiro atoms. The highest BCUT2D eigenvalue weighted by Crippen LogP contribution is 2.40. The van der Waals surface area contributed by atoms with E-state index in [9.17, 15) is 4.79 Å². The summed E-state index contributed by atoms with van der Waals surface area (Å²) in [5.41, 5.74) is 0.178. The normalized spacial score (nSPS) is 28.4. The van der Waals surface area contributed by atoms with Crippen LogP contribution in [0.2, 0.25) is 0 Å². The molecule has 2 atom stereocenters. The van der Waals surface area contributed by atoms with E-state index in [1.807, 2.05) is 0 Å². The first-order valence-electron chi connectivity index (χ1n) is 5.68. The molecule has 3 rings (SSSR count). The molecular formula is C11H14N2O2S. The number of aromatic nitrogens is 1. The van der Waals surface area contributed by atoms with Crippen molar-refractivity contribution < 1.29 is 9.90 Å². The molecule has 0 radical (unpaired) electrons. The molecule has 1 saturated carbocycles. The van der Waals surface area contributed by atoms with E-state index in [0.717, 1.165) is 30.1 Å². The molecule has 0 aromatic carbocycles. The van der Waals surface area contributed by atoms with Crippen LogP contribution in [0.25, 0.3) is 0 Å². The van der Waals surface area contributed by atoms with E-state index in [1.54, 1.807) is 5.38 Å². The lowest BCUT2D eigenvalue weighted by atomic mass is 10.0. The minimum atomic E-state index is -0.929. The van der Waals surface area contributed by atoms with Gasteiger partial charge >= 0.3 is 5.97 Å².